The summed E-state index contributed by atoms with van der Waals surface area (Å²) in [4.78, 5) is 15.9. The zero-order chi connectivity index (χ0) is 15.9. The fraction of sp³-hybridized carbons (Fsp3) is 0.733. The predicted octanol–water partition coefficient (Wildman–Crippen LogP) is 3.61. The number of alkyl carbamates (subject to hydrolysis) is 1. The third-order valence-corrected chi connectivity index (χ3v) is 3.85. The summed E-state index contributed by atoms with van der Waals surface area (Å²) in [5.74, 6) is 2.28. The maximum atomic E-state index is 11.7. The molecule has 5 nitrogen and oxygen atoms in total. The average molecular weight is 313 g/mol. The minimum absolute atomic E-state index is 0.377. The van der Waals surface area contributed by atoms with Crippen molar-refractivity contribution in [1.82, 2.24) is 14.9 Å². The summed E-state index contributed by atoms with van der Waals surface area (Å²) < 4.78 is 7.35. The Kier molecular flexibility index (Phi) is 7.08. The molecule has 1 N–H and O–H groups in total. The molecule has 1 rings (SSSR count). The number of thioether (sulfide) groups is 1. The second-order valence-corrected chi connectivity index (χ2v) is 7.38. The summed E-state index contributed by atoms with van der Waals surface area (Å²) in [5.41, 5.74) is 0.518. The topological polar surface area (TPSA) is 56.2 Å². The Hall–Kier alpha value is -1.17. The van der Waals surface area contributed by atoms with E-state index in [1.165, 1.54) is 0 Å². The number of aromatic nitrogens is 2. The van der Waals surface area contributed by atoms with Crippen molar-refractivity contribution in [2.75, 3.05) is 11.5 Å². The van der Waals surface area contributed by atoms with Crippen molar-refractivity contribution in [2.45, 2.75) is 59.2 Å². The molecule has 0 saturated carbocycles. The van der Waals surface area contributed by atoms with Crippen LogP contribution in [0.1, 0.15) is 52.8 Å². The minimum Gasteiger partial charge on any atom is -0.444 e. The number of carbonyl (C=O) groups excluding carboxylic acids is 1. The Bertz CT molecular complexity index is 440. The normalized spacial score (nSPS) is 13.0. The number of hydrogen-bond donors (Lipinski definition) is 1. The zero-order valence-electron chi connectivity index (χ0n) is 13.7. The van der Waals surface area contributed by atoms with Crippen LogP contribution in [0.3, 0.4) is 0 Å². The monoisotopic (exact) mass is 313 g/mol. The summed E-state index contributed by atoms with van der Waals surface area (Å²) in [5, 5.41) is 2.78. The fourth-order valence-electron chi connectivity index (χ4n) is 1.88. The first-order valence-electron chi connectivity index (χ1n) is 7.38. The van der Waals surface area contributed by atoms with E-state index in [4.69, 9.17) is 4.74 Å². The second-order valence-electron chi connectivity index (χ2n) is 5.98. The fourth-order valence-corrected chi connectivity index (χ4v) is 2.68. The van der Waals surface area contributed by atoms with Crippen molar-refractivity contribution in [3.8, 4) is 0 Å². The van der Waals surface area contributed by atoms with Crippen LogP contribution in [0.4, 0.5) is 4.79 Å². The molecule has 0 aromatic carbocycles. The molecule has 0 fully saturated rings. The highest BCUT2D eigenvalue weighted by Crippen LogP contribution is 2.17. The lowest BCUT2D eigenvalue weighted by atomic mass is 10.2. The van der Waals surface area contributed by atoms with Gasteiger partial charge in [-0.3, -0.25) is 0 Å². The summed E-state index contributed by atoms with van der Waals surface area (Å²) in [6.07, 6.45) is 4.31. The third kappa shape index (κ3) is 6.89. The smallest absolute Gasteiger partial charge is 0.407 e. The zero-order valence-corrected chi connectivity index (χ0v) is 14.5. The maximum Gasteiger partial charge on any atom is 0.407 e. The standard InChI is InChI=1S/C15H27N3O2S/c1-6-21-8-7-12(2)18-11-16-9-13(18)10-17-14(19)20-15(3,4)5/h9,11-12H,6-8,10H2,1-5H3,(H,17,19). The molecule has 1 atom stereocenters. The molecule has 6 heteroatoms. The van der Waals surface area contributed by atoms with Gasteiger partial charge in [-0.25, -0.2) is 9.78 Å². The Balaban J connectivity index is 2.49. The average Bonchev–Trinajstić information content (AvgIpc) is 2.83. The minimum atomic E-state index is -0.477. The first-order chi connectivity index (χ1) is 9.83. The molecule has 0 saturated heterocycles. The number of hydrogen-bond acceptors (Lipinski definition) is 4. The molecule has 1 aromatic rings. The Labute approximate surface area is 131 Å². The van der Waals surface area contributed by atoms with Gasteiger partial charge in [0.05, 0.1) is 18.6 Å². The van der Waals surface area contributed by atoms with Gasteiger partial charge in [0.25, 0.3) is 0 Å². The van der Waals surface area contributed by atoms with E-state index < -0.39 is 11.7 Å². The first kappa shape index (κ1) is 17.9. The lowest BCUT2D eigenvalue weighted by Crippen LogP contribution is -2.32. The Morgan fingerprint density at radius 2 is 2.24 bits per heavy atom. The molecule has 1 heterocycles. The van der Waals surface area contributed by atoms with E-state index >= 15 is 0 Å². The van der Waals surface area contributed by atoms with E-state index in [-0.39, 0.29) is 0 Å². The molecule has 1 aromatic heterocycles. The molecule has 21 heavy (non-hydrogen) atoms. The van der Waals surface area contributed by atoms with Crippen LogP contribution >= 0.6 is 11.8 Å². The molecule has 0 aliphatic carbocycles. The number of rotatable bonds is 7. The van der Waals surface area contributed by atoms with Gasteiger partial charge in [0.15, 0.2) is 0 Å². The molecule has 1 amide bonds. The molecule has 1 unspecified atom stereocenters. The van der Waals surface area contributed by atoms with Gasteiger partial charge in [0.2, 0.25) is 0 Å². The van der Waals surface area contributed by atoms with Gasteiger partial charge in [0.1, 0.15) is 5.60 Å². The number of carbonyl (C=O) groups is 1. The van der Waals surface area contributed by atoms with Gasteiger partial charge in [-0.2, -0.15) is 11.8 Å². The third-order valence-electron chi connectivity index (χ3n) is 2.92. The van der Waals surface area contributed by atoms with Crippen LogP contribution in [-0.4, -0.2) is 32.8 Å². The van der Waals surface area contributed by atoms with Gasteiger partial charge in [-0.1, -0.05) is 6.92 Å². The van der Waals surface area contributed by atoms with Gasteiger partial charge in [-0.15, -0.1) is 0 Å². The summed E-state index contributed by atoms with van der Waals surface area (Å²) in [6, 6.07) is 0.377. The molecule has 0 bridgehead atoms. The van der Waals surface area contributed by atoms with Crippen molar-refractivity contribution in [3.63, 3.8) is 0 Å². The van der Waals surface area contributed by atoms with Crippen molar-refractivity contribution in [2.24, 2.45) is 0 Å². The van der Waals surface area contributed by atoms with Gasteiger partial charge in [0, 0.05) is 12.2 Å². The second kappa shape index (κ2) is 8.32. The van der Waals surface area contributed by atoms with Crippen LogP contribution in [0.25, 0.3) is 0 Å². The molecule has 0 radical (unpaired) electrons. The van der Waals surface area contributed by atoms with Crippen LogP contribution in [0.15, 0.2) is 12.5 Å². The highest BCUT2D eigenvalue weighted by molar-refractivity contribution is 7.99. The summed E-state index contributed by atoms with van der Waals surface area (Å²) >= 11 is 1.94. The molecule has 120 valence electrons. The number of nitrogens with one attached hydrogen (secondary N) is 1. The van der Waals surface area contributed by atoms with Crippen LogP contribution in [0.2, 0.25) is 0 Å². The van der Waals surface area contributed by atoms with Crippen molar-refractivity contribution < 1.29 is 9.53 Å². The van der Waals surface area contributed by atoms with E-state index in [1.54, 1.807) is 6.20 Å². The van der Waals surface area contributed by atoms with E-state index in [0.29, 0.717) is 12.6 Å². The molecule has 0 aliphatic heterocycles. The lowest BCUT2D eigenvalue weighted by Gasteiger charge is -2.20. The number of ether oxygens (including phenoxy) is 1. The SMILES string of the molecule is CCSCCC(C)n1cncc1CNC(=O)OC(C)(C)C. The van der Waals surface area contributed by atoms with E-state index in [2.05, 4.69) is 28.7 Å². The molecular formula is C15H27N3O2S. The largest absolute Gasteiger partial charge is 0.444 e. The van der Waals surface area contributed by atoms with Gasteiger partial charge < -0.3 is 14.6 Å². The van der Waals surface area contributed by atoms with Crippen LogP contribution in [0.5, 0.6) is 0 Å². The van der Waals surface area contributed by atoms with Crippen molar-refractivity contribution in [1.29, 1.82) is 0 Å². The molecule has 0 spiro atoms. The lowest BCUT2D eigenvalue weighted by molar-refractivity contribution is 0.0522. The van der Waals surface area contributed by atoms with Crippen LogP contribution < -0.4 is 5.32 Å². The molecular weight excluding hydrogens is 286 g/mol. The number of nitrogens with zero attached hydrogens (tertiary/aromatic N) is 2. The first-order valence-corrected chi connectivity index (χ1v) is 8.54. The van der Waals surface area contributed by atoms with Crippen molar-refractivity contribution >= 4 is 17.9 Å². The summed E-state index contributed by atoms with van der Waals surface area (Å²) in [7, 11) is 0. The Morgan fingerprint density at radius 1 is 1.52 bits per heavy atom. The maximum absolute atomic E-state index is 11.7. The van der Waals surface area contributed by atoms with E-state index in [9.17, 15) is 4.79 Å². The van der Waals surface area contributed by atoms with Gasteiger partial charge >= 0.3 is 6.09 Å². The quantitative estimate of drug-likeness (QED) is 0.781. The highest BCUT2D eigenvalue weighted by atomic mass is 32.2. The van der Waals surface area contributed by atoms with Crippen LogP contribution in [0, 0.1) is 0 Å². The highest BCUT2D eigenvalue weighted by Gasteiger charge is 2.16. The molecule has 0 aliphatic rings. The number of imidazole rings is 1. The summed E-state index contributed by atoms with van der Waals surface area (Å²) in [6.45, 7) is 10.3. The predicted molar refractivity (Wildman–Crippen MR) is 87.6 cm³/mol. The Morgan fingerprint density at radius 3 is 2.86 bits per heavy atom. The van der Waals surface area contributed by atoms with E-state index in [1.807, 2.05) is 38.9 Å². The number of amides is 1. The van der Waals surface area contributed by atoms with Crippen LogP contribution in [-0.2, 0) is 11.3 Å². The van der Waals surface area contributed by atoms with Crippen molar-refractivity contribution in [3.05, 3.63) is 18.2 Å². The van der Waals surface area contributed by atoms with Gasteiger partial charge in [-0.05, 0) is 45.6 Å². The van der Waals surface area contributed by atoms with E-state index in [0.717, 1.165) is 23.6 Å².